The smallest absolute Gasteiger partial charge is 0.240 e. The molecule has 0 bridgehead atoms. The van der Waals surface area contributed by atoms with Crippen LogP contribution in [0.3, 0.4) is 0 Å². The van der Waals surface area contributed by atoms with Gasteiger partial charge in [-0.15, -0.1) is 0 Å². The van der Waals surface area contributed by atoms with Crippen molar-refractivity contribution in [3.8, 4) is 5.75 Å². The predicted molar refractivity (Wildman–Crippen MR) is 76.3 cm³/mol. The first-order valence-corrected chi connectivity index (χ1v) is 8.06. The van der Waals surface area contributed by atoms with Crippen LogP contribution < -0.4 is 15.8 Å². The third kappa shape index (κ3) is 4.21. The van der Waals surface area contributed by atoms with Crippen LogP contribution in [0.15, 0.2) is 29.2 Å². The summed E-state index contributed by atoms with van der Waals surface area (Å²) in [6.45, 7) is 4.07. The number of carbonyl (C=O) groups is 1. The van der Waals surface area contributed by atoms with Gasteiger partial charge in [0.25, 0.3) is 0 Å². The lowest BCUT2D eigenvalue weighted by Crippen LogP contribution is -2.57. The number of hydrogen-bond acceptors (Lipinski definition) is 5. The zero-order valence-corrected chi connectivity index (χ0v) is 12.7. The van der Waals surface area contributed by atoms with E-state index >= 15 is 0 Å². The summed E-state index contributed by atoms with van der Waals surface area (Å²) in [5.41, 5.74) is 4.34. The normalized spacial score (nSPS) is 14.6. The van der Waals surface area contributed by atoms with Crippen LogP contribution in [0.1, 0.15) is 13.8 Å². The molecule has 0 saturated carbocycles. The zero-order chi connectivity index (χ0) is 15.4. The largest absolute Gasteiger partial charge is 0.491 e. The van der Waals surface area contributed by atoms with Gasteiger partial charge < -0.3 is 15.8 Å². The molecule has 0 heterocycles. The van der Waals surface area contributed by atoms with Crippen molar-refractivity contribution in [1.29, 1.82) is 0 Å². The molecule has 20 heavy (non-hydrogen) atoms. The quantitative estimate of drug-likeness (QED) is 0.756. The lowest BCUT2D eigenvalue weighted by molar-refractivity contribution is -0.124. The van der Waals surface area contributed by atoms with Crippen molar-refractivity contribution in [2.45, 2.75) is 24.3 Å². The van der Waals surface area contributed by atoms with E-state index in [0.29, 0.717) is 12.3 Å². The summed E-state index contributed by atoms with van der Waals surface area (Å²) in [5, 5.41) is 2.96. The minimum Gasteiger partial charge on any atom is -0.491 e. The molecule has 1 aromatic carbocycles. The fourth-order valence-corrected chi connectivity index (χ4v) is 2.28. The molecule has 3 N–H and O–H groups in total. The monoisotopic (exact) mass is 300 g/mol. The number of primary amides is 1. The van der Waals surface area contributed by atoms with E-state index in [-0.39, 0.29) is 11.5 Å². The van der Waals surface area contributed by atoms with Crippen molar-refractivity contribution >= 4 is 15.7 Å². The van der Waals surface area contributed by atoms with Crippen LogP contribution >= 0.6 is 0 Å². The van der Waals surface area contributed by atoms with E-state index in [9.17, 15) is 13.2 Å². The van der Waals surface area contributed by atoms with Crippen molar-refractivity contribution in [3.05, 3.63) is 24.3 Å². The van der Waals surface area contributed by atoms with Gasteiger partial charge in [-0.25, -0.2) is 8.42 Å². The van der Waals surface area contributed by atoms with Crippen molar-refractivity contribution in [1.82, 2.24) is 5.32 Å². The number of amides is 1. The van der Waals surface area contributed by atoms with Gasteiger partial charge in [-0.3, -0.25) is 4.79 Å². The number of benzene rings is 1. The Bertz CT molecular complexity index is 586. The number of nitrogens with two attached hydrogens (primary N) is 1. The Balaban J connectivity index is 2.87. The molecule has 0 aromatic heterocycles. The van der Waals surface area contributed by atoms with Crippen molar-refractivity contribution < 1.29 is 17.9 Å². The Kier molecular flexibility index (Phi) is 5.13. The van der Waals surface area contributed by atoms with E-state index < -0.39 is 21.3 Å². The molecule has 0 fully saturated rings. The summed E-state index contributed by atoms with van der Waals surface area (Å²) in [7, 11) is -3.29. The topological polar surface area (TPSA) is 98.5 Å². The van der Waals surface area contributed by atoms with Gasteiger partial charge in [0.1, 0.15) is 17.9 Å². The van der Waals surface area contributed by atoms with Gasteiger partial charge >= 0.3 is 0 Å². The third-order valence-electron chi connectivity index (χ3n) is 2.87. The first kappa shape index (κ1) is 16.5. The van der Waals surface area contributed by atoms with E-state index in [1.165, 1.54) is 12.1 Å². The SMILES string of the molecule is CCNC(C)(COc1cccc(S(C)(=O)=O)c1)C(N)=O. The first-order chi connectivity index (χ1) is 9.19. The maximum Gasteiger partial charge on any atom is 0.240 e. The molecule has 1 rings (SSSR count). The Labute approximate surface area is 119 Å². The van der Waals surface area contributed by atoms with Gasteiger partial charge in [0.05, 0.1) is 4.90 Å². The Morgan fingerprint density at radius 3 is 2.60 bits per heavy atom. The molecular weight excluding hydrogens is 280 g/mol. The highest BCUT2D eigenvalue weighted by molar-refractivity contribution is 7.90. The maximum absolute atomic E-state index is 11.5. The Morgan fingerprint density at radius 1 is 1.45 bits per heavy atom. The number of ether oxygens (including phenoxy) is 1. The van der Waals surface area contributed by atoms with Gasteiger partial charge in [-0.2, -0.15) is 0 Å². The van der Waals surface area contributed by atoms with E-state index in [4.69, 9.17) is 10.5 Å². The second-order valence-corrected chi connectivity index (χ2v) is 6.78. The predicted octanol–water partition coefficient (Wildman–Crippen LogP) is 0.322. The number of likely N-dealkylation sites (N-methyl/N-ethyl adjacent to an activating group) is 1. The summed E-state index contributed by atoms with van der Waals surface area (Å²) in [6.07, 6.45) is 1.12. The molecular formula is C13H20N2O4S. The molecule has 1 unspecified atom stereocenters. The molecule has 1 atom stereocenters. The van der Waals surface area contributed by atoms with Gasteiger partial charge in [-0.05, 0) is 31.7 Å². The second-order valence-electron chi connectivity index (χ2n) is 4.76. The van der Waals surface area contributed by atoms with Crippen molar-refractivity contribution in [2.75, 3.05) is 19.4 Å². The number of carbonyl (C=O) groups excluding carboxylic acids is 1. The molecule has 0 saturated heterocycles. The summed E-state index contributed by atoms with van der Waals surface area (Å²) < 4.78 is 28.4. The fraction of sp³-hybridized carbons (Fsp3) is 0.462. The molecule has 0 aliphatic heterocycles. The Hall–Kier alpha value is -1.60. The van der Waals surface area contributed by atoms with Gasteiger partial charge in [-0.1, -0.05) is 13.0 Å². The molecule has 7 heteroatoms. The number of hydrogen-bond donors (Lipinski definition) is 2. The fourth-order valence-electron chi connectivity index (χ4n) is 1.62. The summed E-state index contributed by atoms with van der Waals surface area (Å²) in [5.74, 6) is -0.156. The molecule has 0 spiro atoms. The van der Waals surface area contributed by atoms with Crippen LogP contribution in [0.5, 0.6) is 5.75 Å². The standard InChI is InChI=1S/C13H20N2O4S/c1-4-15-13(2,12(14)16)9-19-10-6-5-7-11(8-10)20(3,17)18/h5-8,15H,4,9H2,1-3H3,(H2,14,16). The van der Waals surface area contributed by atoms with E-state index in [1.54, 1.807) is 19.1 Å². The molecule has 1 amide bonds. The highest BCUT2D eigenvalue weighted by Gasteiger charge is 2.31. The van der Waals surface area contributed by atoms with Crippen molar-refractivity contribution in [3.63, 3.8) is 0 Å². The number of sulfone groups is 1. The lowest BCUT2D eigenvalue weighted by Gasteiger charge is -2.26. The van der Waals surface area contributed by atoms with Crippen LogP contribution in [-0.2, 0) is 14.6 Å². The first-order valence-electron chi connectivity index (χ1n) is 6.17. The summed E-state index contributed by atoms with van der Waals surface area (Å²) in [4.78, 5) is 11.6. The highest BCUT2D eigenvalue weighted by atomic mass is 32.2. The zero-order valence-electron chi connectivity index (χ0n) is 11.8. The van der Waals surface area contributed by atoms with Gasteiger partial charge in [0, 0.05) is 6.26 Å². The van der Waals surface area contributed by atoms with Crippen LogP contribution in [0.4, 0.5) is 0 Å². The average Bonchev–Trinajstić information content (AvgIpc) is 2.36. The minimum atomic E-state index is -3.29. The van der Waals surface area contributed by atoms with Crippen molar-refractivity contribution in [2.24, 2.45) is 5.73 Å². The highest BCUT2D eigenvalue weighted by Crippen LogP contribution is 2.18. The van der Waals surface area contributed by atoms with Gasteiger partial charge in [0.2, 0.25) is 5.91 Å². The van der Waals surface area contributed by atoms with E-state index in [0.717, 1.165) is 6.26 Å². The van der Waals surface area contributed by atoms with E-state index in [2.05, 4.69) is 5.32 Å². The Morgan fingerprint density at radius 2 is 2.10 bits per heavy atom. The van der Waals surface area contributed by atoms with Crippen LogP contribution in [-0.4, -0.2) is 39.3 Å². The number of rotatable bonds is 7. The van der Waals surface area contributed by atoms with Crippen LogP contribution in [0.25, 0.3) is 0 Å². The average molecular weight is 300 g/mol. The molecule has 112 valence electrons. The second kappa shape index (κ2) is 6.23. The molecule has 6 nitrogen and oxygen atoms in total. The molecule has 0 radical (unpaired) electrons. The summed E-state index contributed by atoms with van der Waals surface area (Å²) in [6, 6.07) is 6.12. The minimum absolute atomic E-state index is 0.0173. The number of nitrogens with one attached hydrogen (secondary N) is 1. The van der Waals surface area contributed by atoms with Gasteiger partial charge in [0.15, 0.2) is 9.84 Å². The molecule has 1 aromatic rings. The summed E-state index contributed by atoms with van der Waals surface area (Å²) >= 11 is 0. The van der Waals surface area contributed by atoms with E-state index in [1.807, 2.05) is 6.92 Å². The molecule has 0 aliphatic rings. The third-order valence-corrected chi connectivity index (χ3v) is 3.98. The molecule has 0 aliphatic carbocycles. The van der Waals surface area contributed by atoms with Crippen LogP contribution in [0, 0.1) is 0 Å². The van der Waals surface area contributed by atoms with Crippen LogP contribution in [0.2, 0.25) is 0 Å². The lowest BCUT2D eigenvalue weighted by atomic mass is 10.0. The maximum atomic E-state index is 11.5.